The van der Waals surface area contributed by atoms with Crippen LogP contribution in [0.4, 0.5) is 0 Å². The topological polar surface area (TPSA) is 53.4 Å². The molecule has 1 unspecified atom stereocenters. The Morgan fingerprint density at radius 2 is 2.41 bits per heavy atom. The van der Waals surface area contributed by atoms with E-state index in [9.17, 15) is 4.79 Å². The first-order valence-electron chi connectivity index (χ1n) is 5.62. The van der Waals surface area contributed by atoms with Crippen molar-refractivity contribution in [3.05, 3.63) is 29.8 Å². The van der Waals surface area contributed by atoms with E-state index in [1.54, 1.807) is 26.4 Å². The number of aromatic nitrogens is 2. The summed E-state index contributed by atoms with van der Waals surface area (Å²) >= 11 is 0. The molecule has 0 radical (unpaired) electrons. The largest absolute Gasteiger partial charge is 0.427 e. The minimum Gasteiger partial charge on any atom is -0.427 e. The van der Waals surface area contributed by atoms with Gasteiger partial charge in [-0.2, -0.15) is 5.10 Å². The minimum atomic E-state index is -0.355. The van der Waals surface area contributed by atoms with Crippen molar-refractivity contribution in [1.82, 2.24) is 9.78 Å². The Kier molecular flexibility index (Phi) is 3.58. The molecule has 0 aromatic carbocycles. The number of carbonyl (C=O) groups excluding carboxylic acids is 1. The second-order valence-corrected chi connectivity index (χ2v) is 4.03. The molecule has 1 atom stereocenters. The molecule has 1 aromatic rings. The molecule has 5 heteroatoms. The van der Waals surface area contributed by atoms with Crippen LogP contribution in [0.5, 0.6) is 0 Å². The Labute approximate surface area is 100 Å². The molecule has 0 saturated carbocycles. The molecule has 92 valence electrons. The predicted molar refractivity (Wildman–Crippen MR) is 61.4 cm³/mol. The maximum atomic E-state index is 11.8. The number of carbonyl (C=O) groups is 1. The highest BCUT2D eigenvalue weighted by atomic mass is 16.5. The van der Waals surface area contributed by atoms with Gasteiger partial charge in [-0.1, -0.05) is 0 Å². The van der Waals surface area contributed by atoms with Crippen molar-refractivity contribution in [2.75, 3.05) is 7.11 Å². The fourth-order valence-electron chi connectivity index (χ4n) is 1.84. The van der Waals surface area contributed by atoms with Crippen molar-refractivity contribution < 1.29 is 14.3 Å². The van der Waals surface area contributed by atoms with Crippen LogP contribution in [-0.2, 0) is 16.5 Å². The number of nitrogens with zero attached hydrogens (tertiary/aromatic N) is 2. The second-order valence-electron chi connectivity index (χ2n) is 4.03. The van der Waals surface area contributed by atoms with Crippen molar-refractivity contribution >= 4 is 5.97 Å². The Bertz CT molecular complexity index is 437. The fraction of sp³-hybridized carbons (Fsp3) is 0.500. The van der Waals surface area contributed by atoms with Crippen LogP contribution in [0.3, 0.4) is 0 Å². The Hall–Kier alpha value is -1.62. The number of ether oxygens (including phenoxy) is 2. The van der Waals surface area contributed by atoms with Crippen LogP contribution < -0.4 is 0 Å². The quantitative estimate of drug-likeness (QED) is 0.749. The number of rotatable bonds is 3. The van der Waals surface area contributed by atoms with E-state index < -0.39 is 0 Å². The van der Waals surface area contributed by atoms with E-state index in [0.717, 1.165) is 25.0 Å². The molecule has 0 spiro atoms. The van der Waals surface area contributed by atoms with Crippen LogP contribution in [0, 0.1) is 0 Å². The number of hydrogen-bond acceptors (Lipinski definition) is 4. The third-order valence-corrected chi connectivity index (χ3v) is 2.91. The highest BCUT2D eigenvalue weighted by molar-refractivity contribution is 5.88. The van der Waals surface area contributed by atoms with E-state index >= 15 is 0 Å². The highest BCUT2D eigenvalue weighted by Gasteiger charge is 2.18. The maximum Gasteiger partial charge on any atom is 0.361 e. The summed E-state index contributed by atoms with van der Waals surface area (Å²) in [5.74, 6) is 0.372. The van der Waals surface area contributed by atoms with Gasteiger partial charge in [0.25, 0.3) is 0 Å². The maximum absolute atomic E-state index is 11.8. The van der Waals surface area contributed by atoms with Crippen LogP contribution in [-0.4, -0.2) is 29.0 Å². The molecule has 1 heterocycles. The first kappa shape index (κ1) is 11.9. The number of allylic oxidation sites excluding steroid dienone is 1. The molecule has 1 aliphatic carbocycles. The van der Waals surface area contributed by atoms with Crippen LogP contribution in [0.1, 0.15) is 29.8 Å². The van der Waals surface area contributed by atoms with Crippen LogP contribution >= 0.6 is 0 Å². The van der Waals surface area contributed by atoms with E-state index in [4.69, 9.17) is 9.47 Å². The van der Waals surface area contributed by atoms with Gasteiger partial charge >= 0.3 is 5.97 Å². The third-order valence-electron chi connectivity index (χ3n) is 2.91. The zero-order valence-corrected chi connectivity index (χ0v) is 10.0. The van der Waals surface area contributed by atoms with Crippen molar-refractivity contribution in [3.8, 4) is 0 Å². The summed E-state index contributed by atoms with van der Waals surface area (Å²) in [5.41, 5.74) is 0.458. The second kappa shape index (κ2) is 5.14. The number of esters is 1. The number of aryl methyl sites for hydroxylation is 1. The monoisotopic (exact) mass is 236 g/mol. The molecular formula is C12H16N2O3. The predicted octanol–water partition coefficient (Wildman–Crippen LogP) is 1.66. The van der Waals surface area contributed by atoms with Gasteiger partial charge in [0.1, 0.15) is 11.5 Å². The summed E-state index contributed by atoms with van der Waals surface area (Å²) in [4.78, 5) is 11.8. The van der Waals surface area contributed by atoms with Gasteiger partial charge in [0.2, 0.25) is 0 Å². The summed E-state index contributed by atoms with van der Waals surface area (Å²) < 4.78 is 12.1. The molecular weight excluding hydrogens is 220 g/mol. The van der Waals surface area contributed by atoms with Crippen LogP contribution in [0.25, 0.3) is 0 Å². The third kappa shape index (κ3) is 2.74. The Morgan fingerprint density at radius 1 is 1.59 bits per heavy atom. The molecule has 5 nitrogen and oxygen atoms in total. The Balaban J connectivity index is 1.96. The van der Waals surface area contributed by atoms with Gasteiger partial charge in [0, 0.05) is 26.8 Å². The van der Waals surface area contributed by atoms with Gasteiger partial charge in [-0.25, -0.2) is 4.79 Å². The summed E-state index contributed by atoms with van der Waals surface area (Å²) in [7, 11) is 3.41. The lowest BCUT2D eigenvalue weighted by Gasteiger charge is -2.19. The summed E-state index contributed by atoms with van der Waals surface area (Å²) in [5, 5.41) is 3.93. The van der Waals surface area contributed by atoms with Crippen LogP contribution in [0.15, 0.2) is 24.1 Å². The lowest BCUT2D eigenvalue weighted by Crippen LogP contribution is -2.17. The lowest BCUT2D eigenvalue weighted by atomic mass is 10.0. The lowest BCUT2D eigenvalue weighted by molar-refractivity contribution is 0.0536. The zero-order chi connectivity index (χ0) is 12.3. The number of hydrogen-bond donors (Lipinski definition) is 0. The summed E-state index contributed by atoms with van der Waals surface area (Å²) in [6, 6.07) is 1.64. The van der Waals surface area contributed by atoms with E-state index in [0.29, 0.717) is 5.69 Å². The fourth-order valence-corrected chi connectivity index (χ4v) is 1.84. The van der Waals surface area contributed by atoms with Gasteiger partial charge in [0.15, 0.2) is 0 Å². The first-order valence-corrected chi connectivity index (χ1v) is 5.62. The molecule has 0 amide bonds. The molecule has 0 fully saturated rings. The molecule has 0 aliphatic heterocycles. The van der Waals surface area contributed by atoms with Gasteiger partial charge in [0.05, 0.1) is 6.10 Å². The van der Waals surface area contributed by atoms with Gasteiger partial charge in [-0.05, 0) is 25.0 Å². The standard InChI is InChI=1S/C12H16N2O3/c1-14-11(7-8-13-14)12(15)17-10-5-3-9(16-2)4-6-10/h5,7-9H,3-4,6H2,1-2H3. The van der Waals surface area contributed by atoms with E-state index in [1.165, 1.54) is 4.68 Å². The average Bonchev–Trinajstić information content (AvgIpc) is 2.76. The average molecular weight is 236 g/mol. The molecule has 1 aliphatic rings. The SMILES string of the molecule is COC1CC=C(OC(=O)c2ccnn2C)CC1. The first-order chi connectivity index (χ1) is 8.20. The van der Waals surface area contributed by atoms with Gasteiger partial charge in [-0.15, -0.1) is 0 Å². The molecule has 0 N–H and O–H groups in total. The van der Waals surface area contributed by atoms with E-state index in [-0.39, 0.29) is 12.1 Å². The zero-order valence-electron chi connectivity index (χ0n) is 10.0. The smallest absolute Gasteiger partial charge is 0.361 e. The molecule has 17 heavy (non-hydrogen) atoms. The van der Waals surface area contributed by atoms with Crippen molar-refractivity contribution in [2.24, 2.45) is 7.05 Å². The highest BCUT2D eigenvalue weighted by Crippen LogP contribution is 2.21. The van der Waals surface area contributed by atoms with E-state index in [1.807, 2.05) is 6.08 Å². The van der Waals surface area contributed by atoms with Crippen molar-refractivity contribution in [2.45, 2.75) is 25.4 Å². The van der Waals surface area contributed by atoms with Gasteiger partial charge < -0.3 is 9.47 Å². The van der Waals surface area contributed by atoms with Crippen molar-refractivity contribution in [3.63, 3.8) is 0 Å². The minimum absolute atomic E-state index is 0.245. The van der Waals surface area contributed by atoms with E-state index in [2.05, 4.69) is 5.10 Å². The number of methoxy groups -OCH3 is 1. The summed E-state index contributed by atoms with van der Waals surface area (Å²) in [6.07, 6.45) is 6.17. The molecule has 0 saturated heterocycles. The summed E-state index contributed by atoms with van der Waals surface area (Å²) in [6.45, 7) is 0. The molecule has 1 aromatic heterocycles. The van der Waals surface area contributed by atoms with Crippen LogP contribution in [0.2, 0.25) is 0 Å². The molecule has 0 bridgehead atoms. The van der Waals surface area contributed by atoms with Gasteiger partial charge in [-0.3, -0.25) is 4.68 Å². The molecule has 2 rings (SSSR count). The normalized spacial score (nSPS) is 19.9. The van der Waals surface area contributed by atoms with Crippen molar-refractivity contribution in [1.29, 1.82) is 0 Å². The Morgan fingerprint density at radius 3 is 2.94 bits per heavy atom.